The Kier molecular flexibility index (Phi) is 7.61. The van der Waals surface area contributed by atoms with Crippen LogP contribution in [0.5, 0.6) is 0 Å². The molecule has 0 amide bonds. The van der Waals surface area contributed by atoms with Gasteiger partial charge < -0.3 is 4.90 Å². The molecule has 11 aromatic rings. The zero-order chi connectivity index (χ0) is 36.3. The third kappa shape index (κ3) is 5.60. The van der Waals surface area contributed by atoms with Gasteiger partial charge in [-0.1, -0.05) is 140 Å². The van der Waals surface area contributed by atoms with E-state index in [2.05, 4.69) is 205 Å². The molecule has 0 aliphatic carbocycles. The monoisotopic (exact) mass is 735 g/mol. The highest BCUT2D eigenvalue weighted by Gasteiger charge is 2.16. The van der Waals surface area contributed by atoms with Crippen LogP contribution in [0.1, 0.15) is 0 Å². The summed E-state index contributed by atoms with van der Waals surface area (Å²) in [6, 6.07) is 73.5. The lowest BCUT2D eigenvalue weighted by atomic mass is 9.98. The van der Waals surface area contributed by atoms with Crippen LogP contribution in [0.2, 0.25) is 0 Å². The molecule has 0 saturated heterocycles. The zero-order valence-corrected chi connectivity index (χ0v) is 31.4. The van der Waals surface area contributed by atoms with Crippen LogP contribution in [0.25, 0.3) is 84.5 Å². The number of anilines is 3. The Morgan fingerprint density at radius 2 is 0.745 bits per heavy atom. The van der Waals surface area contributed by atoms with Gasteiger partial charge in [-0.05, 0) is 105 Å². The lowest BCUT2D eigenvalue weighted by Crippen LogP contribution is -2.10. The Bertz CT molecular complexity index is 3200. The number of hydrogen-bond donors (Lipinski definition) is 0. The summed E-state index contributed by atoms with van der Waals surface area (Å²) in [6.45, 7) is 0. The smallest absolute Gasteiger partial charge is 0.0467 e. The Hall–Kier alpha value is -6.52. The van der Waals surface area contributed by atoms with Crippen LogP contribution >= 0.6 is 22.7 Å². The molecule has 9 aromatic carbocycles. The average Bonchev–Trinajstić information content (AvgIpc) is 3.82. The van der Waals surface area contributed by atoms with Gasteiger partial charge in [0, 0.05) is 57.4 Å². The topological polar surface area (TPSA) is 3.24 Å². The molecule has 0 fully saturated rings. The van der Waals surface area contributed by atoms with Crippen LogP contribution in [0, 0.1) is 0 Å². The standard InChI is InChI=1S/C52H33NS2/c1-2-13-43-35(9-1)10-8-16-44(43)36-21-27-41(28-22-36)53(40-25-19-34(20-26-40)38-23-29-47-45-14-3-5-17-49(45)54-51(47)32-38)42-12-7-11-37(31-42)39-24-30-48-46-15-4-6-18-50(46)55-52(48)33-39/h1-33H. The Morgan fingerprint density at radius 3 is 1.40 bits per heavy atom. The van der Waals surface area contributed by atoms with Gasteiger partial charge in [-0.15, -0.1) is 22.7 Å². The fourth-order valence-corrected chi connectivity index (χ4v) is 10.4. The predicted octanol–water partition coefficient (Wildman–Crippen LogP) is 16.0. The van der Waals surface area contributed by atoms with Crippen molar-refractivity contribution in [3.63, 3.8) is 0 Å². The van der Waals surface area contributed by atoms with E-state index in [-0.39, 0.29) is 0 Å². The quantitative estimate of drug-likeness (QED) is 0.164. The molecule has 0 unspecified atom stereocenters. The molecule has 0 aliphatic rings. The first-order chi connectivity index (χ1) is 27.2. The molecule has 0 radical (unpaired) electrons. The highest BCUT2D eigenvalue weighted by atomic mass is 32.1. The van der Waals surface area contributed by atoms with Crippen molar-refractivity contribution in [1.29, 1.82) is 0 Å². The van der Waals surface area contributed by atoms with Gasteiger partial charge in [-0.3, -0.25) is 0 Å². The molecule has 0 atom stereocenters. The number of hydrogen-bond acceptors (Lipinski definition) is 3. The molecular weight excluding hydrogens is 703 g/mol. The maximum Gasteiger partial charge on any atom is 0.0467 e. The van der Waals surface area contributed by atoms with Crippen molar-refractivity contribution in [2.24, 2.45) is 0 Å². The molecule has 0 bridgehead atoms. The molecule has 0 N–H and O–H groups in total. The van der Waals surface area contributed by atoms with E-state index >= 15 is 0 Å². The first-order valence-corrected chi connectivity index (χ1v) is 20.3. The maximum atomic E-state index is 2.38. The Balaban J connectivity index is 1.00. The fourth-order valence-electron chi connectivity index (χ4n) is 8.15. The fraction of sp³-hybridized carbons (Fsp3) is 0. The van der Waals surface area contributed by atoms with Gasteiger partial charge in [0.05, 0.1) is 0 Å². The maximum absolute atomic E-state index is 2.38. The summed E-state index contributed by atoms with van der Waals surface area (Å²) < 4.78 is 5.29. The molecule has 0 spiro atoms. The van der Waals surface area contributed by atoms with E-state index in [0.717, 1.165) is 17.1 Å². The van der Waals surface area contributed by atoms with Crippen molar-refractivity contribution < 1.29 is 0 Å². The first kappa shape index (κ1) is 32.0. The molecule has 1 nitrogen and oxygen atoms in total. The number of fused-ring (bicyclic) bond motifs is 7. The van der Waals surface area contributed by atoms with Crippen LogP contribution < -0.4 is 4.90 Å². The summed E-state index contributed by atoms with van der Waals surface area (Å²) in [5.41, 5.74) is 10.7. The summed E-state index contributed by atoms with van der Waals surface area (Å²) in [6.07, 6.45) is 0. The molecule has 258 valence electrons. The highest BCUT2D eigenvalue weighted by Crippen LogP contribution is 2.42. The van der Waals surface area contributed by atoms with E-state index in [0.29, 0.717) is 0 Å². The summed E-state index contributed by atoms with van der Waals surface area (Å²) in [4.78, 5) is 2.38. The third-order valence-electron chi connectivity index (χ3n) is 10.9. The van der Waals surface area contributed by atoms with Crippen molar-refractivity contribution in [3.8, 4) is 33.4 Å². The van der Waals surface area contributed by atoms with Crippen LogP contribution in [0.15, 0.2) is 200 Å². The minimum Gasteiger partial charge on any atom is -0.310 e. The number of nitrogens with zero attached hydrogens (tertiary/aromatic N) is 1. The Labute approximate surface area is 327 Å². The molecule has 0 aliphatic heterocycles. The van der Waals surface area contributed by atoms with Crippen molar-refractivity contribution in [1.82, 2.24) is 0 Å². The van der Waals surface area contributed by atoms with Crippen LogP contribution in [-0.4, -0.2) is 0 Å². The summed E-state index contributed by atoms with van der Waals surface area (Å²) in [7, 11) is 0. The molecule has 11 rings (SSSR count). The lowest BCUT2D eigenvalue weighted by molar-refractivity contribution is 1.28. The average molecular weight is 736 g/mol. The van der Waals surface area contributed by atoms with Crippen molar-refractivity contribution in [2.45, 2.75) is 0 Å². The van der Waals surface area contributed by atoms with Crippen molar-refractivity contribution >= 4 is 90.9 Å². The third-order valence-corrected chi connectivity index (χ3v) is 13.1. The summed E-state index contributed by atoms with van der Waals surface area (Å²) in [5, 5.41) is 7.82. The van der Waals surface area contributed by atoms with E-state index in [4.69, 9.17) is 0 Å². The normalized spacial score (nSPS) is 11.6. The highest BCUT2D eigenvalue weighted by molar-refractivity contribution is 7.26. The van der Waals surface area contributed by atoms with Gasteiger partial charge in [0.25, 0.3) is 0 Å². The van der Waals surface area contributed by atoms with E-state index in [9.17, 15) is 0 Å². The number of benzene rings is 9. The van der Waals surface area contributed by atoms with Gasteiger partial charge in [0.2, 0.25) is 0 Å². The largest absolute Gasteiger partial charge is 0.310 e. The van der Waals surface area contributed by atoms with Gasteiger partial charge in [0.1, 0.15) is 0 Å². The second kappa shape index (κ2) is 13.1. The van der Waals surface area contributed by atoms with Crippen molar-refractivity contribution in [2.75, 3.05) is 4.90 Å². The summed E-state index contributed by atoms with van der Waals surface area (Å²) in [5.74, 6) is 0. The van der Waals surface area contributed by atoms with Gasteiger partial charge in [-0.2, -0.15) is 0 Å². The van der Waals surface area contributed by atoms with Crippen LogP contribution in [0.3, 0.4) is 0 Å². The summed E-state index contributed by atoms with van der Waals surface area (Å²) >= 11 is 3.73. The number of thiophene rings is 2. The lowest BCUT2D eigenvalue weighted by Gasteiger charge is -2.26. The Morgan fingerprint density at radius 1 is 0.273 bits per heavy atom. The predicted molar refractivity (Wildman–Crippen MR) is 241 cm³/mol. The SMILES string of the molecule is c1cc(-c2ccc3c(c2)sc2ccccc23)cc(N(c2ccc(-c3ccc4c(c3)sc3ccccc34)cc2)c2ccc(-c3cccc4ccccc34)cc2)c1. The molecule has 0 saturated carbocycles. The second-order valence-electron chi connectivity index (χ2n) is 14.1. The van der Waals surface area contributed by atoms with E-state index in [1.54, 1.807) is 0 Å². The van der Waals surface area contributed by atoms with Crippen LogP contribution in [0.4, 0.5) is 17.1 Å². The van der Waals surface area contributed by atoms with Gasteiger partial charge in [0.15, 0.2) is 0 Å². The second-order valence-corrected chi connectivity index (χ2v) is 16.3. The first-order valence-electron chi connectivity index (χ1n) is 18.7. The van der Waals surface area contributed by atoms with E-state index in [1.807, 2.05) is 22.7 Å². The molecule has 2 aromatic heterocycles. The van der Waals surface area contributed by atoms with E-state index in [1.165, 1.54) is 84.5 Å². The molecule has 55 heavy (non-hydrogen) atoms. The molecule has 3 heteroatoms. The van der Waals surface area contributed by atoms with Crippen LogP contribution in [-0.2, 0) is 0 Å². The minimum absolute atomic E-state index is 1.11. The minimum atomic E-state index is 1.11. The molecule has 2 heterocycles. The zero-order valence-electron chi connectivity index (χ0n) is 29.8. The van der Waals surface area contributed by atoms with Crippen molar-refractivity contribution in [3.05, 3.63) is 200 Å². The number of rotatable bonds is 6. The van der Waals surface area contributed by atoms with E-state index < -0.39 is 0 Å². The molecular formula is C52H33NS2. The van der Waals surface area contributed by atoms with Gasteiger partial charge in [-0.25, -0.2) is 0 Å². The van der Waals surface area contributed by atoms with Gasteiger partial charge >= 0.3 is 0 Å².